The molecular formula is C10H14N2. The van der Waals surface area contributed by atoms with Gasteiger partial charge < -0.3 is 10.3 Å². The third kappa shape index (κ3) is 0.686. The first-order valence-electron chi connectivity index (χ1n) is 4.78. The molecule has 0 amide bonds. The van der Waals surface area contributed by atoms with E-state index in [0.717, 1.165) is 6.54 Å². The third-order valence-electron chi connectivity index (χ3n) is 3.45. The van der Waals surface area contributed by atoms with Crippen LogP contribution in [-0.2, 0) is 12.0 Å². The molecule has 2 N–H and O–H groups in total. The van der Waals surface area contributed by atoms with Crippen LogP contribution in [0.2, 0.25) is 0 Å². The summed E-state index contributed by atoms with van der Waals surface area (Å²) in [6.07, 6.45) is 6.22. The maximum Gasteiger partial charge on any atom is 0.0268 e. The highest BCUT2D eigenvalue weighted by Crippen LogP contribution is 2.45. The average Bonchev–Trinajstić information content (AvgIpc) is 2.47. The topological polar surface area (TPSA) is 27.8 Å². The minimum Gasteiger partial charge on any atom is -0.364 e. The Morgan fingerprint density at radius 3 is 3.00 bits per heavy atom. The van der Waals surface area contributed by atoms with E-state index in [1.807, 2.05) is 0 Å². The fraction of sp³-hybridized carbons (Fsp3) is 0.600. The summed E-state index contributed by atoms with van der Waals surface area (Å²) in [4.78, 5) is 3.41. The van der Waals surface area contributed by atoms with Gasteiger partial charge in [-0.1, -0.05) is 6.42 Å². The summed E-state index contributed by atoms with van der Waals surface area (Å²) in [5.74, 6) is 0. The molecule has 2 heteroatoms. The molecule has 3 rings (SSSR count). The Kier molecular flexibility index (Phi) is 1.20. The number of nitrogens with one attached hydrogen (secondary N) is 2. The Labute approximate surface area is 72.4 Å². The van der Waals surface area contributed by atoms with Crippen molar-refractivity contribution in [3.63, 3.8) is 0 Å². The molecule has 1 aromatic heterocycles. The highest BCUT2D eigenvalue weighted by atomic mass is 14.9. The van der Waals surface area contributed by atoms with E-state index in [9.17, 15) is 0 Å². The fourth-order valence-electron chi connectivity index (χ4n) is 2.60. The summed E-state index contributed by atoms with van der Waals surface area (Å²) in [6.45, 7) is 2.24. The molecule has 12 heavy (non-hydrogen) atoms. The Bertz CT molecular complexity index is 297. The van der Waals surface area contributed by atoms with E-state index in [-0.39, 0.29) is 0 Å². The summed E-state index contributed by atoms with van der Waals surface area (Å²) >= 11 is 0. The number of aromatic amines is 1. The molecule has 1 fully saturated rings. The summed E-state index contributed by atoms with van der Waals surface area (Å²) in [6, 6.07) is 2.21. The molecule has 2 aliphatic rings. The van der Waals surface area contributed by atoms with Gasteiger partial charge in [-0.25, -0.2) is 0 Å². The molecule has 1 aliphatic carbocycles. The molecule has 1 aromatic rings. The first kappa shape index (κ1) is 6.72. The predicted octanol–water partition coefficient (Wildman–Crippen LogP) is 1.54. The molecule has 1 saturated carbocycles. The Morgan fingerprint density at radius 2 is 2.25 bits per heavy atom. The van der Waals surface area contributed by atoms with Gasteiger partial charge in [0.1, 0.15) is 0 Å². The Balaban J connectivity index is 2.09. The maximum absolute atomic E-state index is 3.50. The van der Waals surface area contributed by atoms with Gasteiger partial charge in [-0.2, -0.15) is 0 Å². The van der Waals surface area contributed by atoms with Crippen LogP contribution in [0.4, 0.5) is 0 Å². The van der Waals surface area contributed by atoms with Gasteiger partial charge in [-0.3, -0.25) is 0 Å². The quantitative estimate of drug-likeness (QED) is 0.595. The second kappa shape index (κ2) is 2.13. The molecular weight excluding hydrogens is 148 g/mol. The van der Waals surface area contributed by atoms with E-state index in [2.05, 4.69) is 22.6 Å². The van der Waals surface area contributed by atoms with Gasteiger partial charge in [0.05, 0.1) is 0 Å². The van der Waals surface area contributed by atoms with Crippen LogP contribution in [0.25, 0.3) is 0 Å². The second-order valence-corrected chi connectivity index (χ2v) is 4.12. The number of hydrogen-bond donors (Lipinski definition) is 2. The monoisotopic (exact) mass is 162 g/mol. The van der Waals surface area contributed by atoms with Crippen LogP contribution in [-0.4, -0.2) is 11.5 Å². The van der Waals surface area contributed by atoms with Crippen molar-refractivity contribution in [2.45, 2.75) is 31.2 Å². The van der Waals surface area contributed by atoms with Crippen molar-refractivity contribution >= 4 is 0 Å². The van der Waals surface area contributed by atoms with E-state index in [4.69, 9.17) is 0 Å². The maximum atomic E-state index is 3.50. The largest absolute Gasteiger partial charge is 0.364 e. The molecule has 0 atom stereocenters. The van der Waals surface area contributed by atoms with Crippen LogP contribution in [0.15, 0.2) is 12.3 Å². The van der Waals surface area contributed by atoms with Gasteiger partial charge >= 0.3 is 0 Å². The van der Waals surface area contributed by atoms with Crippen LogP contribution in [0.5, 0.6) is 0 Å². The zero-order valence-electron chi connectivity index (χ0n) is 7.19. The van der Waals surface area contributed by atoms with Gasteiger partial charge in [0, 0.05) is 30.4 Å². The van der Waals surface area contributed by atoms with Crippen LogP contribution in [0, 0.1) is 0 Å². The number of H-pyrrole nitrogens is 1. The predicted molar refractivity (Wildman–Crippen MR) is 48.0 cm³/mol. The van der Waals surface area contributed by atoms with Crippen LogP contribution in [0.1, 0.15) is 30.5 Å². The van der Waals surface area contributed by atoms with Gasteiger partial charge in [0.2, 0.25) is 0 Å². The Morgan fingerprint density at radius 1 is 1.33 bits per heavy atom. The fourth-order valence-corrected chi connectivity index (χ4v) is 2.60. The summed E-state index contributed by atoms with van der Waals surface area (Å²) in [5.41, 5.74) is 3.50. The number of rotatable bonds is 0. The van der Waals surface area contributed by atoms with Crippen molar-refractivity contribution in [1.82, 2.24) is 10.3 Å². The SMILES string of the molecule is c1cc2c([nH]1)C1(CCC1)CNC2. The van der Waals surface area contributed by atoms with E-state index >= 15 is 0 Å². The van der Waals surface area contributed by atoms with Crippen molar-refractivity contribution in [3.8, 4) is 0 Å². The molecule has 1 aliphatic heterocycles. The van der Waals surface area contributed by atoms with Gasteiger partial charge in [-0.05, 0) is 24.5 Å². The van der Waals surface area contributed by atoms with E-state index in [1.54, 1.807) is 0 Å². The summed E-state index contributed by atoms with van der Waals surface area (Å²) < 4.78 is 0. The molecule has 0 radical (unpaired) electrons. The van der Waals surface area contributed by atoms with Crippen molar-refractivity contribution in [2.24, 2.45) is 0 Å². The smallest absolute Gasteiger partial charge is 0.0268 e. The standard InChI is InChI=1S/C10H14N2/c1-3-10(4-1)7-11-6-8-2-5-12-9(8)10/h2,5,11-12H,1,3-4,6-7H2. The zero-order valence-corrected chi connectivity index (χ0v) is 7.19. The lowest BCUT2D eigenvalue weighted by Crippen LogP contribution is -2.47. The van der Waals surface area contributed by atoms with Crippen molar-refractivity contribution in [1.29, 1.82) is 0 Å². The van der Waals surface area contributed by atoms with Gasteiger partial charge in [-0.15, -0.1) is 0 Å². The molecule has 0 aromatic carbocycles. The van der Waals surface area contributed by atoms with E-state index in [0.29, 0.717) is 5.41 Å². The number of aromatic nitrogens is 1. The molecule has 0 saturated heterocycles. The van der Waals surface area contributed by atoms with Gasteiger partial charge in [0.25, 0.3) is 0 Å². The normalized spacial score (nSPS) is 25.0. The van der Waals surface area contributed by atoms with E-state index < -0.39 is 0 Å². The van der Waals surface area contributed by atoms with Crippen LogP contribution in [0.3, 0.4) is 0 Å². The van der Waals surface area contributed by atoms with E-state index in [1.165, 1.54) is 37.1 Å². The van der Waals surface area contributed by atoms with Gasteiger partial charge in [0.15, 0.2) is 0 Å². The highest BCUT2D eigenvalue weighted by molar-refractivity contribution is 5.33. The molecule has 0 bridgehead atoms. The van der Waals surface area contributed by atoms with Crippen LogP contribution >= 0.6 is 0 Å². The van der Waals surface area contributed by atoms with Crippen molar-refractivity contribution < 1.29 is 0 Å². The zero-order chi connectivity index (χ0) is 8.02. The lowest BCUT2D eigenvalue weighted by molar-refractivity contribution is 0.213. The van der Waals surface area contributed by atoms with Crippen LogP contribution < -0.4 is 5.32 Å². The Hall–Kier alpha value is -0.760. The minimum atomic E-state index is 0.497. The van der Waals surface area contributed by atoms with Crippen molar-refractivity contribution in [2.75, 3.05) is 6.54 Å². The first-order chi connectivity index (χ1) is 5.91. The molecule has 2 nitrogen and oxygen atoms in total. The molecule has 1 spiro atoms. The molecule has 64 valence electrons. The highest BCUT2D eigenvalue weighted by Gasteiger charge is 2.42. The third-order valence-corrected chi connectivity index (χ3v) is 3.45. The summed E-state index contributed by atoms with van der Waals surface area (Å²) in [5, 5.41) is 3.50. The van der Waals surface area contributed by atoms with Crippen molar-refractivity contribution in [3.05, 3.63) is 23.5 Å². The lowest BCUT2D eigenvalue weighted by atomic mass is 9.64. The first-order valence-corrected chi connectivity index (χ1v) is 4.78. The second-order valence-electron chi connectivity index (χ2n) is 4.12. The number of hydrogen-bond acceptors (Lipinski definition) is 1. The molecule has 0 unspecified atom stereocenters. The average molecular weight is 162 g/mol. The molecule has 2 heterocycles. The number of fused-ring (bicyclic) bond motifs is 2. The minimum absolute atomic E-state index is 0.497. The lowest BCUT2D eigenvalue weighted by Gasteiger charge is -2.44. The summed E-state index contributed by atoms with van der Waals surface area (Å²) in [7, 11) is 0.